The molecule has 2 aromatic heterocycles. The fraction of sp³-hybridized carbons (Fsp3) is 0.100. The van der Waals surface area contributed by atoms with E-state index in [1.807, 2.05) is 0 Å². The molecule has 0 spiro atoms. The maximum Gasteiger partial charge on any atom is 0.0835 e. The second-order valence-electron chi connectivity index (χ2n) is 5.40. The zero-order chi connectivity index (χ0) is 15.1. The van der Waals surface area contributed by atoms with Crippen LogP contribution in [-0.4, -0.2) is 9.13 Å². The van der Waals surface area contributed by atoms with Crippen molar-refractivity contribution in [1.82, 2.24) is 9.13 Å². The van der Waals surface area contributed by atoms with E-state index in [4.69, 9.17) is 12.8 Å². The topological polar surface area (TPSA) is 9.86 Å². The van der Waals surface area contributed by atoms with Gasteiger partial charge in [-0.15, -0.1) is 12.8 Å². The van der Waals surface area contributed by atoms with Crippen LogP contribution in [0, 0.1) is 24.7 Å². The maximum atomic E-state index is 5.50. The number of rotatable bonds is 2. The molecule has 4 aromatic rings. The predicted octanol–water partition coefficient (Wildman–Crippen LogP) is 4.02. The minimum Gasteiger partial charge on any atom is -0.335 e. The van der Waals surface area contributed by atoms with Gasteiger partial charge in [0.15, 0.2) is 0 Å². The number of hydrogen-bond acceptors (Lipinski definition) is 0. The van der Waals surface area contributed by atoms with Crippen LogP contribution in [0.25, 0.3) is 32.6 Å². The molecular weight excluding hydrogens is 268 g/mol. The van der Waals surface area contributed by atoms with Gasteiger partial charge in [-0.1, -0.05) is 36.1 Å². The molecule has 22 heavy (non-hydrogen) atoms. The van der Waals surface area contributed by atoms with E-state index in [-0.39, 0.29) is 0 Å². The van der Waals surface area contributed by atoms with Gasteiger partial charge in [0.2, 0.25) is 0 Å². The number of aromatic nitrogens is 2. The normalized spacial score (nSPS) is 11.0. The van der Waals surface area contributed by atoms with Crippen molar-refractivity contribution in [2.75, 3.05) is 0 Å². The van der Waals surface area contributed by atoms with Gasteiger partial charge >= 0.3 is 0 Å². The summed E-state index contributed by atoms with van der Waals surface area (Å²) in [5, 5.41) is 4.83. The molecule has 0 N–H and O–H groups in total. The van der Waals surface area contributed by atoms with Crippen LogP contribution in [0.4, 0.5) is 0 Å². The van der Waals surface area contributed by atoms with E-state index in [9.17, 15) is 0 Å². The number of fused-ring (bicyclic) bond motifs is 5. The Hall–Kier alpha value is -3.10. The fourth-order valence-corrected chi connectivity index (χ4v) is 3.27. The van der Waals surface area contributed by atoms with Gasteiger partial charge in [0, 0.05) is 33.9 Å². The van der Waals surface area contributed by atoms with Crippen LogP contribution >= 0.6 is 0 Å². The molecule has 0 atom stereocenters. The minimum atomic E-state index is 0.575. The molecule has 0 bridgehead atoms. The van der Waals surface area contributed by atoms with E-state index in [2.05, 4.69) is 69.8 Å². The average Bonchev–Trinajstić information content (AvgIpc) is 3.13. The number of benzene rings is 2. The van der Waals surface area contributed by atoms with Crippen molar-refractivity contribution in [3.63, 3.8) is 0 Å². The Bertz CT molecular complexity index is 1000. The van der Waals surface area contributed by atoms with Crippen molar-refractivity contribution in [2.45, 2.75) is 13.1 Å². The van der Waals surface area contributed by atoms with E-state index >= 15 is 0 Å². The van der Waals surface area contributed by atoms with Gasteiger partial charge in [0.1, 0.15) is 0 Å². The third-order valence-electron chi connectivity index (χ3n) is 4.17. The molecule has 0 aliphatic rings. The smallest absolute Gasteiger partial charge is 0.0835 e. The van der Waals surface area contributed by atoms with Gasteiger partial charge in [0.05, 0.1) is 24.1 Å². The zero-order valence-corrected chi connectivity index (χ0v) is 12.1. The van der Waals surface area contributed by atoms with Crippen LogP contribution in [0.15, 0.2) is 48.8 Å². The third kappa shape index (κ3) is 1.65. The first-order valence-electron chi connectivity index (χ1n) is 7.20. The standard InChI is InChI=1S/C20H14N2/c1-3-11-21-13-9-15-5-8-18-17(19(15)21)7-6-16-10-14-22(12-4-2)20(16)18/h1-2,5-10,13-14H,11-12H2. The molecule has 0 amide bonds. The summed E-state index contributed by atoms with van der Waals surface area (Å²) >= 11 is 0. The Balaban J connectivity index is 2.17. The van der Waals surface area contributed by atoms with Crippen molar-refractivity contribution >= 4 is 32.6 Å². The lowest BCUT2D eigenvalue weighted by Gasteiger charge is -2.08. The molecule has 0 fully saturated rings. The first kappa shape index (κ1) is 12.6. The lowest BCUT2D eigenvalue weighted by molar-refractivity contribution is 0.887. The molecule has 0 aliphatic carbocycles. The fourth-order valence-electron chi connectivity index (χ4n) is 3.27. The van der Waals surface area contributed by atoms with Gasteiger partial charge in [-0.05, 0) is 12.1 Å². The highest BCUT2D eigenvalue weighted by Crippen LogP contribution is 2.32. The molecule has 0 aliphatic heterocycles. The van der Waals surface area contributed by atoms with Crippen LogP contribution in [-0.2, 0) is 13.1 Å². The molecule has 0 radical (unpaired) electrons. The largest absolute Gasteiger partial charge is 0.335 e. The van der Waals surface area contributed by atoms with Crippen molar-refractivity contribution < 1.29 is 0 Å². The summed E-state index contributed by atoms with van der Waals surface area (Å²) in [6, 6.07) is 12.9. The van der Waals surface area contributed by atoms with Crippen LogP contribution in [0.2, 0.25) is 0 Å². The lowest BCUT2D eigenvalue weighted by Crippen LogP contribution is -1.95. The highest BCUT2D eigenvalue weighted by atomic mass is 15.0. The number of terminal acetylenes is 2. The van der Waals surface area contributed by atoms with Gasteiger partial charge < -0.3 is 9.13 Å². The Labute approximate surface area is 129 Å². The summed E-state index contributed by atoms with van der Waals surface area (Å²) in [5.41, 5.74) is 2.37. The lowest BCUT2D eigenvalue weighted by atomic mass is 10.0. The molecular formula is C20H14N2. The van der Waals surface area contributed by atoms with Gasteiger partial charge in [-0.2, -0.15) is 0 Å². The Morgan fingerprint density at radius 2 is 1.14 bits per heavy atom. The van der Waals surface area contributed by atoms with E-state index in [0.717, 1.165) is 0 Å². The molecule has 4 rings (SSSR count). The van der Waals surface area contributed by atoms with E-state index in [1.165, 1.54) is 32.6 Å². The van der Waals surface area contributed by atoms with Crippen LogP contribution in [0.1, 0.15) is 0 Å². The highest BCUT2D eigenvalue weighted by molar-refractivity contribution is 6.15. The van der Waals surface area contributed by atoms with Crippen LogP contribution in [0.5, 0.6) is 0 Å². The zero-order valence-electron chi connectivity index (χ0n) is 12.1. The monoisotopic (exact) mass is 282 g/mol. The summed E-state index contributed by atoms with van der Waals surface area (Å²) in [7, 11) is 0. The summed E-state index contributed by atoms with van der Waals surface area (Å²) in [6.45, 7) is 1.15. The van der Waals surface area contributed by atoms with Crippen molar-refractivity contribution in [1.29, 1.82) is 0 Å². The van der Waals surface area contributed by atoms with E-state index in [1.54, 1.807) is 0 Å². The molecule has 2 nitrogen and oxygen atoms in total. The summed E-state index contributed by atoms with van der Waals surface area (Å²) in [5.74, 6) is 5.44. The molecule has 2 aromatic carbocycles. The average molecular weight is 282 g/mol. The van der Waals surface area contributed by atoms with E-state index < -0.39 is 0 Å². The number of hydrogen-bond donors (Lipinski definition) is 0. The minimum absolute atomic E-state index is 0.575. The van der Waals surface area contributed by atoms with Crippen molar-refractivity contribution in [3.8, 4) is 24.7 Å². The van der Waals surface area contributed by atoms with Crippen molar-refractivity contribution in [2.24, 2.45) is 0 Å². The molecule has 2 heterocycles. The second kappa shape index (κ2) is 4.72. The Kier molecular flexibility index (Phi) is 2.71. The predicted molar refractivity (Wildman–Crippen MR) is 92.6 cm³/mol. The maximum absolute atomic E-state index is 5.50. The molecule has 0 saturated heterocycles. The van der Waals surface area contributed by atoms with Gasteiger partial charge in [-0.3, -0.25) is 0 Å². The highest BCUT2D eigenvalue weighted by Gasteiger charge is 2.10. The SMILES string of the molecule is C#CCn1ccc2ccc3c(ccc4ccn(CC#C)c43)c21. The van der Waals surface area contributed by atoms with Crippen LogP contribution in [0.3, 0.4) is 0 Å². The van der Waals surface area contributed by atoms with E-state index in [0.29, 0.717) is 13.1 Å². The Morgan fingerprint density at radius 3 is 1.55 bits per heavy atom. The van der Waals surface area contributed by atoms with Crippen LogP contribution < -0.4 is 0 Å². The summed E-state index contributed by atoms with van der Waals surface area (Å²) in [6.07, 6.45) is 15.1. The Morgan fingerprint density at radius 1 is 0.682 bits per heavy atom. The van der Waals surface area contributed by atoms with Crippen molar-refractivity contribution in [3.05, 3.63) is 48.8 Å². The first-order chi connectivity index (χ1) is 10.8. The first-order valence-corrected chi connectivity index (χ1v) is 7.20. The molecule has 104 valence electrons. The molecule has 0 unspecified atom stereocenters. The molecule has 0 saturated carbocycles. The second-order valence-corrected chi connectivity index (χ2v) is 5.40. The summed E-state index contributed by atoms with van der Waals surface area (Å²) in [4.78, 5) is 0. The summed E-state index contributed by atoms with van der Waals surface area (Å²) < 4.78 is 4.25. The quantitative estimate of drug-likeness (QED) is 0.492. The third-order valence-corrected chi connectivity index (χ3v) is 4.17. The molecule has 2 heteroatoms. The van der Waals surface area contributed by atoms with Gasteiger partial charge in [0.25, 0.3) is 0 Å². The van der Waals surface area contributed by atoms with Gasteiger partial charge in [-0.25, -0.2) is 0 Å². The number of nitrogens with zero attached hydrogens (tertiary/aromatic N) is 2.